The van der Waals surface area contributed by atoms with E-state index in [2.05, 4.69) is 9.97 Å². The summed E-state index contributed by atoms with van der Waals surface area (Å²) in [4.78, 5) is 10.4. The fourth-order valence-electron chi connectivity index (χ4n) is 1.90. The Hall–Kier alpha value is -1.36. The Morgan fingerprint density at radius 1 is 1.50 bits per heavy atom. The van der Waals surface area contributed by atoms with E-state index in [4.69, 9.17) is 9.47 Å². The zero-order valence-electron chi connectivity index (χ0n) is 9.72. The monoisotopic (exact) mass is 223 g/mol. The van der Waals surface area contributed by atoms with Gasteiger partial charge in [-0.05, 0) is 12.8 Å². The zero-order valence-corrected chi connectivity index (χ0v) is 9.72. The molecule has 1 aromatic rings. The minimum Gasteiger partial charge on any atom is -0.478 e. The number of aromatic nitrogens is 2. The standard InChI is InChI=1S/C11H17N3O2/c1-14(8-9-4-3-7-16-9)10-11(15-2)13-6-5-12-10/h5-6,9H,3-4,7-8H2,1-2H3. The van der Waals surface area contributed by atoms with Crippen LogP contribution in [0, 0.1) is 0 Å². The molecule has 0 bridgehead atoms. The minimum absolute atomic E-state index is 0.303. The summed E-state index contributed by atoms with van der Waals surface area (Å²) in [6, 6.07) is 0. The van der Waals surface area contributed by atoms with E-state index in [1.54, 1.807) is 19.5 Å². The van der Waals surface area contributed by atoms with Gasteiger partial charge in [-0.15, -0.1) is 0 Å². The van der Waals surface area contributed by atoms with Crippen molar-refractivity contribution in [1.29, 1.82) is 0 Å². The number of nitrogens with zero attached hydrogens (tertiary/aromatic N) is 3. The van der Waals surface area contributed by atoms with Gasteiger partial charge in [-0.3, -0.25) is 0 Å². The SMILES string of the molecule is COc1nccnc1N(C)CC1CCCO1. The zero-order chi connectivity index (χ0) is 11.4. The molecular formula is C11H17N3O2. The van der Waals surface area contributed by atoms with E-state index in [0.29, 0.717) is 12.0 Å². The molecular weight excluding hydrogens is 206 g/mol. The van der Waals surface area contributed by atoms with Gasteiger partial charge in [0.05, 0.1) is 13.2 Å². The second-order valence-corrected chi connectivity index (χ2v) is 3.90. The normalized spacial score (nSPS) is 19.8. The van der Waals surface area contributed by atoms with Crippen molar-refractivity contribution in [2.24, 2.45) is 0 Å². The summed E-state index contributed by atoms with van der Waals surface area (Å²) in [6.07, 6.45) is 5.87. The highest BCUT2D eigenvalue weighted by Gasteiger charge is 2.20. The third kappa shape index (κ3) is 2.41. The van der Waals surface area contributed by atoms with Crippen LogP contribution in [0.2, 0.25) is 0 Å². The number of ether oxygens (including phenoxy) is 2. The summed E-state index contributed by atoms with van der Waals surface area (Å²) in [7, 11) is 3.58. The van der Waals surface area contributed by atoms with E-state index >= 15 is 0 Å². The van der Waals surface area contributed by atoms with Gasteiger partial charge in [0.15, 0.2) is 5.82 Å². The molecule has 88 valence electrons. The molecule has 0 aromatic carbocycles. The Kier molecular flexibility index (Phi) is 3.56. The smallest absolute Gasteiger partial charge is 0.257 e. The van der Waals surface area contributed by atoms with Crippen LogP contribution in [0.3, 0.4) is 0 Å². The molecule has 1 saturated heterocycles. The van der Waals surface area contributed by atoms with E-state index in [1.165, 1.54) is 0 Å². The first-order chi connectivity index (χ1) is 7.81. The van der Waals surface area contributed by atoms with Gasteiger partial charge < -0.3 is 14.4 Å². The van der Waals surface area contributed by atoms with Crippen LogP contribution in [0.25, 0.3) is 0 Å². The second kappa shape index (κ2) is 5.12. The quantitative estimate of drug-likeness (QED) is 0.765. The van der Waals surface area contributed by atoms with Gasteiger partial charge in [-0.1, -0.05) is 0 Å². The third-order valence-corrected chi connectivity index (χ3v) is 2.70. The van der Waals surface area contributed by atoms with E-state index in [1.807, 2.05) is 11.9 Å². The second-order valence-electron chi connectivity index (χ2n) is 3.90. The Morgan fingerprint density at radius 2 is 2.31 bits per heavy atom. The maximum absolute atomic E-state index is 5.59. The summed E-state index contributed by atoms with van der Waals surface area (Å²) in [5, 5.41) is 0. The lowest BCUT2D eigenvalue weighted by molar-refractivity contribution is 0.116. The van der Waals surface area contributed by atoms with Gasteiger partial charge in [0.1, 0.15) is 0 Å². The van der Waals surface area contributed by atoms with E-state index < -0.39 is 0 Å². The van der Waals surface area contributed by atoms with Crippen LogP contribution in [0.1, 0.15) is 12.8 Å². The van der Waals surface area contributed by atoms with Gasteiger partial charge in [-0.2, -0.15) is 0 Å². The molecule has 1 atom stereocenters. The first kappa shape index (κ1) is 11.1. The van der Waals surface area contributed by atoms with Crippen molar-refractivity contribution in [3.05, 3.63) is 12.4 Å². The van der Waals surface area contributed by atoms with Crippen molar-refractivity contribution in [2.45, 2.75) is 18.9 Å². The molecule has 0 N–H and O–H groups in total. The molecule has 1 fully saturated rings. The first-order valence-electron chi connectivity index (χ1n) is 5.49. The Labute approximate surface area is 95.4 Å². The summed E-state index contributed by atoms with van der Waals surface area (Å²) < 4.78 is 10.8. The van der Waals surface area contributed by atoms with Gasteiger partial charge in [-0.25, -0.2) is 9.97 Å². The fourth-order valence-corrected chi connectivity index (χ4v) is 1.90. The van der Waals surface area contributed by atoms with E-state index in [-0.39, 0.29) is 0 Å². The van der Waals surface area contributed by atoms with Crippen molar-refractivity contribution in [3.63, 3.8) is 0 Å². The van der Waals surface area contributed by atoms with Gasteiger partial charge in [0, 0.05) is 32.6 Å². The van der Waals surface area contributed by atoms with Gasteiger partial charge in [0.25, 0.3) is 5.88 Å². The summed E-state index contributed by atoms with van der Waals surface area (Å²) in [5.74, 6) is 1.32. The van der Waals surface area contributed by atoms with Crippen molar-refractivity contribution in [1.82, 2.24) is 9.97 Å². The molecule has 1 unspecified atom stereocenters. The molecule has 1 aliphatic rings. The van der Waals surface area contributed by atoms with Crippen LogP contribution in [0.5, 0.6) is 5.88 Å². The number of hydrogen-bond acceptors (Lipinski definition) is 5. The molecule has 0 aliphatic carbocycles. The predicted molar refractivity (Wildman–Crippen MR) is 60.8 cm³/mol. The summed E-state index contributed by atoms with van der Waals surface area (Å²) in [5.41, 5.74) is 0. The largest absolute Gasteiger partial charge is 0.478 e. The summed E-state index contributed by atoms with van der Waals surface area (Å²) in [6.45, 7) is 1.70. The van der Waals surface area contributed by atoms with Gasteiger partial charge in [0.2, 0.25) is 0 Å². The van der Waals surface area contributed by atoms with Crippen LogP contribution in [0.4, 0.5) is 5.82 Å². The fraction of sp³-hybridized carbons (Fsp3) is 0.636. The Balaban J connectivity index is 2.04. The van der Waals surface area contributed by atoms with Crippen molar-refractivity contribution in [2.75, 3.05) is 32.2 Å². The molecule has 2 rings (SSSR count). The maximum Gasteiger partial charge on any atom is 0.257 e. The van der Waals surface area contributed by atoms with Gasteiger partial charge >= 0.3 is 0 Å². The van der Waals surface area contributed by atoms with Crippen LogP contribution in [0.15, 0.2) is 12.4 Å². The van der Waals surface area contributed by atoms with Crippen LogP contribution in [-0.2, 0) is 4.74 Å². The molecule has 0 saturated carbocycles. The van der Waals surface area contributed by atoms with E-state index in [0.717, 1.165) is 31.8 Å². The molecule has 2 heterocycles. The Morgan fingerprint density at radius 3 is 3.00 bits per heavy atom. The number of likely N-dealkylation sites (N-methyl/N-ethyl adjacent to an activating group) is 1. The molecule has 1 aliphatic heterocycles. The lowest BCUT2D eigenvalue weighted by Crippen LogP contribution is -2.29. The molecule has 16 heavy (non-hydrogen) atoms. The number of anilines is 1. The Bertz CT molecular complexity index is 340. The molecule has 0 amide bonds. The average Bonchev–Trinajstić information content (AvgIpc) is 2.81. The highest BCUT2D eigenvalue weighted by Crippen LogP contribution is 2.22. The van der Waals surface area contributed by atoms with E-state index in [9.17, 15) is 0 Å². The number of rotatable bonds is 4. The minimum atomic E-state index is 0.303. The molecule has 0 spiro atoms. The topological polar surface area (TPSA) is 47.5 Å². The third-order valence-electron chi connectivity index (χ3n) is 2.70. The lowest BCUT2D eigenvalue weighted by atomic mass is 10.2. The predicted octanol–water partition coefficient (Wildman–Crippen LogP) is 1.10. The highest BCUT2D eigenvalue weighted by molar-refractivity contribution is 5.46. The van der Waals surface area contributed by atoms with Crippen molar-refractivity contribution < 1.29 is 9.47 Å². The summed E-state index contributed by atoms with van der Waals surface area (Å²) >= 11 is 0. The molecule has 5 nitrogen and oxygen atoms in total. The first-order valence-corrected chi connectivity index (χ1v) is 5.49. The molecule has 0 radical (unpaired) electrons. The molecule has 5 heteroatoms. The lowest BCUT2D eigenvalue weighted by Gasteiger charge is -2.22. The number of hydrogen-bond donors (Lipinski definition) is 0. The highest BCUT2D eigenvalue weighted by atomic mass is 16.5. The van der Waals surface area contributed by atoms with Crippen molar-refractivity contribution >= 4 is 5.82 Å². The maximum atomic E-state index is 5.59. The van der Waals surface area contributed by atoms with Crippen LogP contribution < -0.4 is 9.64 Å². The van der Waals surface area contributed by atoms with Crippen LogP contribution in [-0.4, -0.2) is 43.4 Å². The number of methoxy groups -OCH3 is 1. The van der Waals surface area contributed by atoms with Crippen molar-refractivity contribution in [3.8, 4) is 5.88 Å². The van der Waals surface area contributed by atoms with Crippen LogP contribution >= 0.6 is 0 Å². The average molecular weight is 223 g/mol. The molecule has 1 aromatic heterocycles.